The number of hydrogen-bond donors (Lipinski definition) is 1. The maximum atomic E-state index is 11.2. The molecule has 1 aromatic rings. The van der Waals surface area contributed by atoms with E-state index in [1.54, 1.807) is 6.07 Å². The van der Waals surface area contributed by atoms with Crippen molar-refractivity contribution < 1.29 is 4.79 Å². The van der Waals surface area contributed by atoms with E-state index in [2.05, 4.69) is 18.7 Å². The predicted octanol–water partition coefficient (Wildman–Crippen LogP) is 2.09. The van der Waals surface area contributed by atoms with Gasteiger partial charge in [0.05, 0.1) is 0 Å². The summed E-state index contributed by atoms with van der Waals surface area (Å²) in [5.74, 6) is -0.338. The fraction of sp³-hybridized carbons (Fsp3) is 0.462. The Bertz CT molecular complexity index is 351. The molecule has 0 heterocycles. The van der Waals surface area contributed by atoms with Crippen LogP contribution in [0.15, 0.2) is 24.3 Å². The van der Waals surface area contributed by atoms with Crippen molar-refractivity contribution in [3.63, 3.8) is 0 Å². The Kier molecular flexibility index (Phi) is 7.59. The summed E-state index contributed by atoms with van der Waals surface area (Å²) in [6.45, 7) is 7.33. The van der Waals surface area contributed by atoms with Crippen molar-refractivity contribution in [1.82, 2.24) is 4.90 Å². The molecule has 0 aliphatic carbocycles. The highest BCUT2D eigenvalue weighted by Crippen LogP contribution is 2.09. The molecule has 0 aliphatic heterocycles. The van der Waals surface area contributed by atoms with Crippen molar-refractivity contribution >= 4 is 18.3 Å². The number of nitrogens with two attached hydrogens (primary N) is 1. The summed E-state index contributed by atoms with van der Waals surface area (Å²) >= 11 is 0. The van der Waals surface area contributed by atoms with Crippen molar-refractivity contribution in [1.29, 1.82) is 0 Å². The number of benzene rings is 1. The van der Waals surface area contributed by atoms with Crippen LogP contribution in [0, 0.1) is 0 Å². The Hall–Kier alpha value is -1.06. The molecule has 96 valence electrons. The number of hydrogen-bond acceptors (Lipinski definition) is 2. The highest BCUT2D eigenvalue weighted by atomic mass is 35.5. The smallest absolute Gasteiger partial charge is 0.248 e. The molecule has 0 aromatic heterocycles. The number of primary amides is 1. The van der Waals surface area contributed by atoms with Gasteiger partial charge in [0.15, 0.2) is 0 Å². The zero-order chi connectivity index (χ0) is 12.0. The number of carbonyl (C=O) groups excluding carboxylic acids is 1. The standard InChI is InChI=1S/C13H20N2O.ClH/c1-3-15(4-2)10-9-11-7-5-6-8-12(11)13(14)16;/h5-8H,3-4,9-10H2,1-2H3,(H2,14,16);1H. The van der Waals surface area contributed by atoms with E-state index in [4.69, 9.17) is 5.73 Å². The fourth-order valence-corrected chi connectivity index (χ4v) is 1.80. The quantitative estimate of drug-likeness (QED) is 0.847. The SMILES string of the molecule is CCN(CC)CCc1ccccc1C(N)=O.Cl. The van der Waals surface area contributed by atoms with Crippen LogP contribution in [-0.2, 0) is 6.42 Å². The summed E-state index contributed by atoms with van der Waals surface area (Å²) in [7, 11) is 0. The van der Waals surface area contributed by atoms with Crippen LogP contribution in [0.4, 0.5) is 0 Å². The molecule has 0 spiro atoms. The minimum absolute atomic E-state index is 0. The largest absolute Gasteiger partial charge is 0.366 e. The van der Waals surface area contributed by atoms with Gasteiger partial charge in [-0.1, -0.05) is 32.0 Å². The maximum absolute atomic E-state index is 11.2. The van der Waals surface area contributed by atoms with Gasteiger partial charge in [0.1, 0.15) is 0 Å². The number of halogens is 1. The molecule has 0 saturated carbocycles. The van der Waals surface area contributed by atoms with Gasteiger partial charge in [0.25, 0.3) is 0 Å². The van der Waals surface area contributed by atoms with E-state index in [1.807, 2.05) is 18.2 Å². The van der Waals surface area contributed by atoms with Crippen LogP contribution in [0.25, 0.3) is 0 Å². The minimum Gasteiger partial charge on any atom is -0.366 e. The highest BCUT2D eigenvalue weighted by molar-refractivity contribution is 5.94. The highest BCUT2D eigenvalue weighted by Gasteiger charge is 2.07. The van der Waals surface area contributed by atoms with E-state index in [1.165, 1.54) is 0 Å². The lowest BCUT2D eigenvalue weighted by atomic mass is 10.0. The fourth-order valence-electron chi connectivity index (χ4n) is 1.80. The van der Waals surface area contributed by atoms with Crippen LogP contribution in [0.2, 0.25) is 0 Å². The van der Waals surface area contributed by atoms with E-state index >= 15 is 0 Å². The average molecular weight is 257 g/mol. The van der Waals surface area contributed by atoms with Gasteiger partial charge in [-0.2, -0.15) is 0 Å². The minimum atomic E-state index is -0.338. The molecule has 17 heavy (non-hydrogen) atoms. The molecule has 1 aromatic carbocycles. The van der Waals surface area contributed by atoms with Crippen LogP contribution in [0.5, 0.6) is 0 Å². The Balaban J connectivity index is 0.00000256. The first-order chi connectivity index (χ1) is 7.69. The Labute approximate surface area is 109 Å². The zero-order valence-corrected chi connectivity index (χ0v) is 11.3. The predicted molar refractivity (Wildman–Crippen MR) is 73.7 cm³/mol. The number of nitrogens with zero attached hydrogens (tertiary/aromatic N) is 1. The van der Waals surface area contributed by atoms with Gasteiger partial charge in [0, 0.05) is 12.1 Å². The molecule has 4 heteroatoms. The van der Waals surface area contributed by atoms with Crippen LogP contribution < -0.4 is 5.73 Å². The normalized spacial score (nSPS) is 10.1. The number of likely N-dealkylation sites (N-methyl/N-ethyl adjacent to an activating group) is 1. The molecule has 1 amide bonds. The summed E-state index contributed by atoms with van der Waals surface area (Å²) in [6.07, 6.45) is 0.876. The second-order valence-electron chi connectivity index (χ2n) is 3.80. The van der Waals surface area contributed by atoms with Crippen LogP contribution in [0.1, 0.15) is 29.8 Å². The Morgan fingerprint density at radius 3 is 2.35 bits per heavy atom. The molecule has 0 bridgehead atoms. The molecule has 1 rings (SSSR count). The number of rotatable bonds is 6. The van der Waals surface area contributed by atoms with Crippen LogP contribution in [0.3, 0.4) is 0 Å². The molecule has 2 N–H and O–H groups in total. The van der Waals surface area contributed by atoms with Crippen LogP contribution in [-0.4, -0.2) is 30.4 Å². The summed E-state index contributed by atoms with van der Waals surface area (Å²) in [5, 5.41) is 0. The van der Waals surface area contributed by atoms with Gasteiger partial charge in [-0.3, -0.25) is 4.79 Å². The lowest BCUT2D eigenvalue weighted by molar-refractivity contribution is 0.0999. The molecule has 0 saturated heterocycles. The average Bonchev–Trinajstić information content (AvgIpc) is 2.30. The number of carbonyl (C=O) groups is 1. The second-order valence-corrected chi connectivity index (χ2v) is 3.80. The number of amides is 1. The van der Waals surface area contributed by atoms with Gasteiger partial charge in [-0.15, -0.1) is 12.4 Å². The first-order valence-corrected chi connectivity index (χ1v) is 5.79. The van der Waals surface area contributed by atoms with Crippen molar-refractivity contribution in [2.75, 3.05) is 19.6 Å². The van der Waals surface area contributed by atoms with Gasteiger partial charge in [-0.05, 0) is 31.1 Å². The lowest BCUT2D eigenvalue weighted by Gasteiger charge is -2.18. The third-order valence-electron chi connectivity index (χ3n) is 2.87. The van der Waals surface area contributed by atoms with E-state index in [-0.39, 0.29) is 18.3 Å². The van der Waals surface area contributed by atoms with Gasteiger partial charge >= 0.3 is 0 Å². The molecule has 0 aliphatic rings. The molecule has 3 nitrogen and oxygen atoms in total. The van der Waals surface area contributed by atoms with Gasteiger partial charge in [-0.25, -0.2) is 0 Å². The molecule has 0 unspecified atom stereocenters. The summed E-state index contributed by atoms with van der Waals surface area (Å²) in [4.78, 5) is 13.5. The zero-order valence-electron chi connectivity index (χ0n) is 10.5. The monoisotopic (exact) mass is 256 g/mol. The van der Waals surface area contributed by atoms with Crippen molar-refractivity contribution in [3.8, 4) is 0 Å². The van der Waals surface area contributed by atoms with Crippen molar-refractivity contribution in [2.45, 2.75) is 20.3 Å². The van der Waals surface area contributed by atoms with Gasteiger partial charge in [0.2, 0.25) is 5.91 Å². The molecular weight excluding hydrogens is 236 g/mol. The second kappa shape index (κ2) is 8.09. The first-order valence-electron chi connectivity index (χ1n) is 5.79. The van der Waals surface area contributed by atoms with E-state index in [9.17, 15) is 4.79 Å². The Morgan fingerprint density at radius 2 is 1.82 bits per heavy atom. The third-order valence-corrected chi connectivity index (χ3v) is 2.87. The molecule has 0 fully saturated rings. The van der Waals surface area contributed by atoms with Crippen molar-refractivity contribution in [3.05, 3.63) is 35.4 Å². The lowest BCUT2D eigenvalue weighted by Crippen LogP contribution is -2.26. The molecule has 0 atom stereocenters. The van der Waals surface area contributed by atoms with E-state index < -0.39 is 0 Å². The van der Waals surface area contributed by atoms with E-state index in [0.717, 1.165) is 31.6 Å². The third kappa shape index (κ3) is 4.75. The summed E-state index contributed by atoms with van der Waals surface area (Å²) < 4.78 is 0. The maximum Gasteiger partial charge on any atom is 0.248 e. The molecule has 0 radical (unpaired) electrons. The van der Waals surface area contributed by atoms with Crippen LogP contribution >= 0.6 is 12.4 Å². The summed E-state index contributed by atoms with van der Waals surface area (Å²) in [6, 6.07) is 7.56. The van der Waals surface area contributed by atoms with E-state index in [0.29, 0.717) is 5.56 Å². The first kappa shape index (κ1) is 15.9. The van der Waals surface area contributed by atoms with Gasteiger partial charge < -0.3 is 10.6 Å². The van der Waals surface area contributed by atoms with Crippen molar-refractivity contribution in [2.24, 2.45) is 5.73 Å². The summed E-state index contributed by atoms with van der Waals surface area (Å²) in [5.41, 5.74) is 7.02. The molecular formula is C13H21ClN2O. The topological polar surface area (TPSA) is 46.3 Å². The Morgan fingerprint density at radius 1 is 1.24 bits per heavy atom.